The molecule has 0 atom stereocenters. The van der Waals surface area contributed by atoms with Crippen molar-refractivity contribution in [3.05, 3.63) is 72.0 Å². The first-order valence-electron chi connectivity index (χ1n) is 6.98. The number of guanidine groups is 1. The molecule has 0 spiro atoms. The first-order chi connectivity index (χ1) is 10.6. The first kappa shape index (κ1) is 16.8. The normalized spacial score (nSPS) is 11.1. The molecule has 3 nitrogen and oxygen atoms in total. The van der Waals surface area contributed by atoms with Gasteiger partial charge >= 0.3 is 0 Å². The van der Waals surface area contributed by atoms with Crippen molar-refractivity contribution in [2.24, 2.45) is 10.7 Å². The molecule has 3 N–H and O–H groups in total. The van der Waals surface area contributed by atoms with Gasteiger partial charge in [-0.15, -0.1) is 12.4 Å². The highest BCUT2D eigenvalue weighted by molar-refractivity contribution is 5.99. The first-order valence-corrected chi connectivity index (χ1v) is 6.98. The van der Waals surface area contributed by atoms with Crippen LogP contribution in [0.25, 0.3) is 10.8 Å². The van der Waals surface area contributed by atoms with Crippen molar-refractivity contribution in [1.82, 2.24) is 0 Å². The fourth-order valence-electron chi connectivity index (χ4n) is 2.34. The lowest BCUT2D eigenvalue weighted by atomic mass is 10.1. The number of nitrogens with one attached hydrogen (secondary N) is 1. The van der Waals surface area contributed by atoms with Crippen molar-refractivity contribution in [1.29, 1.82) is 0 Å². The number of hydrogen-bond acceptors (Lipinski definition) is 1. The second kappa shape index (κ2) is 7.11. The molecule has 3 rings (SSSR count). The number of fused-ring (bicyclic) bond motifs is 1. The average Bonchev–Trinajstić information content (AvgIpc) is 2.51. The molecule has 0 radical (unpaired) electrons. The largest absolute Gasteiger partial charge is 0.369 e. The van der Waals surface area contributed by atoms with E-state index in [0.717, 1.165) is 22.0 Å². The molecule has 0 bridgehead atoms. The van der Waals surface area contributed by atoms with Crippen molar-refractivity contribution in [3.8, 4) is 0 Å². The van der Waals surface area contributed by atoms with E-state index in [2.05, 4.69) is 10.3 Å². The molecule has 0 aliphatic heterocycles. The number of aryl methyl sites for hydroxylation is 1. The summed E-state index contributed by atoms with van der Waals surface area (Å²) < 4.78 is 13.7. The SMILES string of the molecule is Cc1ccc(F)c(NC(N)=Nc2cccc3ccccc23)c1.Cl. The van der Waals surface area contributed by atoms with Gasteiger partial charge in [0.05, 0.1) is 11.4 Å². The lowest BCUT2D eigenvalue weighted by molar-refractivity contribution is 0.631. The van der Waals surface area contributed by atoms with E-state index in [9.17, 15) is 4.39 Å². The van der Waals surface area contributed by atoms with Crippen LogP contribution in [0.15, 0.2) is 65.7 Å². The maximum atomic E-state index is 13.7. The predicted molar refractivity (Wildman–Crippen MR) is 97.2 cm³/mol. The number of rotatable bonds is 2. The van der Waals surface area contributed by atoms with E-state index in [0.29, 0.717) is 5.69 Å². The van der Waals surface area contributed by atoms with Gasteiger partial charge in [0.25, 0.3) is 0 Å². The topological polar surface area (TPSA) is 50.4 Å². The van der Waals surface area contributed by atoms with Gasteiger partial charge < -0.3 is 11.1 Å². The van der Waals surface area contributed by atoms with Crippen LogP contribution in [0, 0.1) is 12.7 Å². The van der Waals surface area contributed by atoms with Gasteiger partial charge in [0.2, 0.25) is 0 Å². The molecule has 23 heavy (non-hydrogen) atoms. The summed E-state index contributed by atoms with van der Waals surface area (Å²) in [7, 11) is 0. The van der Waals surface area contributed by atoms with E-state index in [-0.39, 0.29) is 24.2 Å². The molecule has 0 aromatic heterocycles. The number of aliphatic imine (C=N–C) groups is 1. The summed E-state index contributed by atoms with van der Waals surface area (Å²) in [6, 6.07) is 18.5. The molecule has 5 heteroatoms. The third-order valence-electron chi connectivity index (χ3n) is 3.39. The zero-order chi connectivity index (χ0) is 15.5. The van der Waals surface area contributed by atoms with Crippen molar-refractivity contribution in [2.45, 2.75) is 6.92 Å². The second-order valence-electron chi connectivity index (χ2n) is 5.10. The van der Waals surface area contributed by atoms with Gasteiger partial charge in [0.1, 0.15) is 5.82 Å². The number of halogens is 2. The lowest BCUT2D eigenvalue weighted by Gasteiger charge is -2.08. The monoisotopic (exact) mass is 329 g/mol. The summed E-state index contributed by atoms with van der Waals surface area (Å²) in [6.07, 6.45) is 0. The highest BCUT2D eigenvalue weighted by Crippen LogP contribution is 2.25. The molecular weight excluding hydrogens is 313 g/mol. The molecule has 0 heterocycles. The smallest absolute Gasteiger partial charge is 0.198 e. The number of benzene rings is 3. The third kappa shape index (κ3) is 3.79. The third-order valence-corrected chi connectivity index (χ3v) is 3.39. The highest BCUT2D eigenvalue weighted by Gasteiger charge is 2.04. The molecule has 0 amide bonds. The number of nitrogens with two attached hydrogens (primary N) is 1. The van der Waals surface area contributed by atoms with E-state index in [1.807, 2.05) is 49.4 Å². The van der Waals surface area contributed by atoms with E-state index in [1.165, 1.54) is 6.07 Å². The highest BCUT2D eigenvalue weighted by atomic mass is 35.5. The Hall–Kier alpha value is -2.59. The standard InChI is InChI=1S/C18H16FN3.ClH/c1-12-9-10-15(19)17(11-12)22-18(20)21-16-8-4-6-13-5-2-3-7-14(13)16;/h2-11H,1H3,(H3,20,21,22);1H. The second-order valence-corrected chi connectivity index (χ2v) is 5.10. The Morgan fingerprint density at radius 2 is 1.78 bits per heavy atom. The van der Waals surface area contributed by atoms with Gasteiger partial charge in [-0.1, -0.05) is 42.5 Å². The molecule has 0 saturated heterocycles. The maximum absolute atomic E-state index is 13.7. The molecular formula is C18H17ClFN3. The van der Waals surface area contributed by atoms with E-state index < -0.39 is 0 Å². The predicted octanol–water partition coefficient (Wildman–Crippen LogP) is 4.77. The van der Waals surface area contributed by atoms with Crippen LogP contribution < -0.4 is 11.1 Å². The summed E-state index contributed by atoms with van der Waals surface area (Å²) in [5.41, 5.74) is 7.93. The van der Waals surface area contributed by atoms with Gasteiger partial charge in [0, 0.05) is 5.39 Å². The van der Waals surface area contributed by atoms with Crippen LogP contribution in [0.4, 0.5) is 15.8 Å². The summed E-state index contributed by atoms with van der Waals surface area (Å²) in [6.45, 7) is 1.89. The van der Waals surface area contributed by atoms with Gasteiger partial charge in [-0.2, -0.15) is 0 Å². The molecule has 118 valence electrons. The molecule has 0 aliphatic carbocycles. The van der Waals surface area contributed by atoms with Crippen LogP contribution in [0.2, 0.25) is 0 Å². The Labute approximate surface area is 140 Å². The molecule has 0 aliphatic rings. The zero-order valence-electron chi connectivity index (χ0n) is 12.6. The maximum Gasteiger partial charge on any atom is 0.198 e. The molecule has 3 aromatic rings. The van der Waals surface area contributed by atoms with Crippen molar-refractivity contribution >= 4 is 40.5 Å². The summed E-state index contributed by atoms with van der Waals surface area (Å²) in [5.74, 6) is -0.206. The quantitative estimate of drug-likeness (QED) is 0.525. The Balaban J connectivity index is 0.00000192. The fraction of sp³-hybridized carbons (Fsp3) is 0.0556. The zero-order valence-corrected chi connectivity index (χ0v) is 13.4. The van der Waals surface area contributed by atoms with Gasteiger partial charge in [-0.25, -0.2) is 9.38 Å². The number of nitrogens with zero attached hydrogens (tertiary/aromatic N) is 1. The van der Waals surface area contributed by atoms with Crippen LogP contribution in [-0.4, -0.2) is 5.96 Å². The van der Waals surface area contributed by atoms with Crippen LogP contribution >= 0.6 is 12.4 Å². The summed E-state index contributed by atoms with van der Waals surface area (Å²) in [5, 5.41) is 4.90. The van der Waals surface area contributed by atoms with Crippen LogP contribution in [-0.2, 0) is 0 Å². The lowest BCUT2D eigenvalue weighted by Crippen LogP contribution is -2.22. The molecule has 0 fully saturated rings. The van der Waals surface area contributed by atoms with Gasteiger partial charge in [-0.3, -0.25) is 0 Å². The average molecular weight is 330 g/mol. The van der Waals surface area contributed by atoms with Crippen molar-refractivity contribution < 1.29 is 4.39 Å². The Kier molecular flexibility index (Phi) is 5.19. The van der Waals surface area contributed by atoms with Crippen molar-refractivity contribution in [3.63, 3.8) is 0 Å². The Morgan fingerprint density at radius 1 is 1.04 bits per heavy atom. The van der Waals surface area contributed by atoms with E-state index in [4.69, 9.17) is 5.73 Å². The van der Waals surface area contributed by atoms with Crippen LogP contribution in [0.1, 0.15) is 5.56 Å². The van der Waals surface area contributed by atoms with Gasteiger partial charge in [-0.05, 0) is 36.1 Å². The van der Waals surface area contributed by atoms with E-state index >= 15 is 0 Å². The fourth-order valence-corrected chi connectivity index (χ4v) is 2.34. The Morgan fingerprint density at radius 3 is 2.61 bits per heavy atom. The van der Waals surface area contributed by atoms with Crippen molar-refractivity contribution in [2.75, 3.05) is 5.32 Å². The van der Waals surface area contributed by atoms with E-state index in [1.54, 1.807) is 12.1 Å². The minimum atomic E-state index is -0.360. The minimum Gasteiger partial charge on any atom is -0.369 e. The minimum absolute atomic E-state index is 0. The Bertz CT molecular complexity index is 857. The van der Waals surface area contributed by atoms with Gasteiger partial charge in [0.15, 0.2) is 5.96 Å². The molecule has 0 saturated carbocycles. The van der Waals surface area contributed by atoms with Crippen LogP contribution in [0.5, 0.6) is 0 Å². The molecule has 3 aromatic carbocycles. The van der Waals surface area contributed by atoms with Crippen LogP contribution in [0.3, 0.4) is 0 Å². The summed E-state index contributed by atoms with van der Waals surface area (Å²) >= 11 is 0. The number of anilines is 1. The molecule has 0 unspecified atom stereocenters. The number of hydrogen-bond donors (Lipinski definition) is 2. The summed E-state index contributed by atoms with van der Waals surface area (Å²) in [4.78, 5) is 4.37.